The molecule has 0 unspecified atom stereocenters. The van der Waals surface area contributed by atoms with Crippen molar-refractivity contribution in [2.75, 3.05) is 44.7 Å². The zero-order valence-corrected chi connectivity index (χ0v) is 16.3. The van der Waals surface area contributed by atoms with E-state index >= 15 is 0 Å². The molecular formula is C22H29N3O2. The van der Waals surface area contributed by atoms with E-state index in [9.17, 15) is 4.79 Å². The summed E-state index contributed by atoms with van der Waals surface area (Å²) in [5.74, 6) is 0.941. The standard InChI is InChI=1S/C22H29N3O2/c1-3-11-23-22(26)19-8-6-7-18(16-19)17-24-12-14-25(15-13-24)20-9-4-5-10-21(20)27-2/h4-10,16H,3,11-15,17H2,1-2H3,(H,23,26). The lowest BCUT2D eigenvalue weighted by Gasteiger charge is -2.36. The lowest BCUT2D eigenvalue weighted by molar-refractivity contribution is 0.0953. The van der Waals surface area contributed by atoms with E-state index in [0.717, 1.165) is 56.1 Å². The van der Waals surface area contributed by atoms with Gasteiger partial charge in [0.1, 0.15) is 5.75 Å². The highest BCUT2D eigenvalue weighted by molar-refractivity contribution is 5.94. The Kier molecular flexibility index (Phi) is 6.71. The Morgan fingerprint density at radius 3 is 2.59 bits per heavy atom. The molecule has 1 N–H and O–H groups in total. The summed E-state index contributed by atoms with van der Waals surface area (Å²) in [6, 6.07) is 16.2. The van der Waals surface area contributed by atoms with Crippen molar-refractivity contribution in [3.63, 3.8) is 0 Å². The minimum Gasteiger partial charge on any atom is -0.495 e. The van der Waals surface area contributed by atoms with Crippen LogP contribution in [-0.2, 0) is 6.54 Å². The maximum atomic E-state index is 12.2. The van der Waals surface area contributed by atoms with E-state index < -0.39 is 0 Å². The Hall–Kier alpha value is -2.53. The molecule has 0 atom stereocenters. The van der Waals surface area contributed by atoms with Gasteiger partial charge < -0.3 is 15.0 Å². The summed E-state index contributed by atoms with van der Waals surface area (Å²) in [6.45, 7) is 7.56. The second kappa shape index (κ2) is 9.42. The van der Waals surface area contributed by atoms with Crippen LogP contribution in [0.1, 0.15) is 29.3 Å². The smallest absolute Gasteiger partial charge is 0.251 e. The minimum absolute atomic E-state index is 0.0136. The van der Waals surface area contributed by atoms with Gasteiger partial charge in [0, 0.05) is 44.8 Å². The first-order chi connectivity index (χ1) is 13.2. The van der Waals surface area contributed by atoms with Crippen molar-refractivity contribution in [1.29, 1.82) is 0 Å². The summed E-state index contributed by atoms with van der Waals surface area (Å²) in [7, 11) is 1.72. The fraction of sp³-hybridized carbons (Fsp3) is 0.409. The molecule has 5 nitrogen and oxygen atoms in total. The molecule has 1 aliphatic heterocycles. The van der Waals surface area contributed by atoms with E-state index in [1.54, 1.807) is 7.11 Å². The molecule has 0 spiro atoms. The van der Waals surface area contributed by atoms with Crippen LogP contribution in [0.3, 0.4) is 0 Å². The normalized spacial score (nSPS) is 14.8. The van der Waals surface area contributed by atoms with Crippen LogP contribution in [0.2, 0.25) is 0 Å². The fourth-order valence-corrected chi connectivity index (χ4v) is 3.45. The highest BCUT2D eigenvalue weighted by Crippen LogP contribution is 2.28. The predicted octanol–water partition coefficient (Wildman–Crippen LogP) is 3.16. The molecule has 1 aliphatic rings. The number of benzene rings is 2. The second-order valence-corrected chi connectivity index (χ2v) is 6.89. The van der Waals surface area contributed by atoms with E-state index in [1.807, 2.05) is 30.3 Å². The number of hydrogen-bond donors (Lipinski definition) is 1. The number of methoxy groups -OCH3 is 1. The van der Waals surface area contributed by atoms with Crippen molar-refractivity contribution >= 4 is 11.6 Å². The number of ether oxygens (including phenoxy) is 1. The van der Waals surface area contributed by atoms with E-state index in [1.165, 1.54) is 5.56 Å². The molecular weight excluding hydrogens is 338 g/mol. The molecule has 1 saturated heterocycles. The van der Waals surface area contributed by atoms with Gasteiger partial charge in [-0.2, -0.15) is 0 Å². The van der Waals surface area contributed by atoms with E-state index in [0.29, 0.717) is 6.54 Å². The molecule has 2 aromatic carbocycles. The number of hydrogen-bond acceptors (Lipinski definition) is 4. The molecule has 1 fully saturated rings. The molecule has 1 amide bonds. The topological polar surface area (TPSA) is 44.8 Å². The molecule has 0 bridgehead atoms. The number of carbonyl (C=O) groups is 1. The number of carbonyl (C=O) groups excluding carboxylic acids is 1. The fourth-order valence-electron chi connectivity index (χ4n) is 3.45. The summed E-state index contributed by atoms with van der Waals surface area (Å²) in [6.07, 6.45) is 0.946. The quantitative estimate of drug-likeness (QED) is 0.817. The number of amides is 1. The summed E-state index contributed by atoms with van der Waals surface area (Å²) in [5, 5.41) is 2.94. The molecule has 3 rings (SSSR count). The number of rotatable bonds is 7. The molecule has 5 heteroatoms. The molecule has 2 aromatic rings. The van der Waals surface area contributed by atoms with Gasteiger partial charge in [0.05, 0.1) is 12.8 Å². The molecule has 27 heavy (non-hydrogen) atoms. The van der Waals surface area contributed by atoms with Gasteiger partial charge in [-0.25, -0.2) is 0 Å². The largest absolute Gasteiger partial charge is 0.495 e. The maximum Gasteiger partial charge on any atom is 0.251 e. The highest BCUT2D eigenvalue weighted by Gasteiger charge is 2.19. The lowest BCUT2D eigenvalue weighted by atomic mass is 10.1. The van der Waals surface area contributed by atoms with Crippen LogP contribution in [0, 0.1) is 0 Å². The Morgan fingerprint density at radius 1 is 1.07 bits per heavy atom. The van der Waals surface area contributed by atoms with E-state index in [2.05, 4.69) is 40.2 Å². The Morgan fingerprint density at radius 2 is 1.85 bits per heavy atom. The molecule has 0 saturated carbocycles. The van der Waals surface area contributed by atoms with Gasteiger partial charge in [-0.3, -0.25) is 9.69 Å². The Balaban J connectivity index is 1.57. The molecule has 1 heterocycles. The molecule has 144 valence electrons. The number of piperazine rings is 1. The number of nitrogens with one attached hydrogen (secondary N) is 1. The van der Waals surface area contributed by atoms with Crippen LogP contribution >= 0.6 is 0 Å². The number of para-hydroxylation sites is 2. The van der Waals surface area contributed by atoms with Gasteiger partial charge in [-0.15, -0.1) is 0 Å². The lowest BCUT2D eigenvalue weighted by Crippen LogP contribution is -2.46. The van der Waals surface area contributed by atoms with Gasteiger partial charge in [0.15, 0.2) is 0 Å². The molecule has 0 radical (unpaired) electrons. The monoisotopic (exact) mass is 367 g/mol. The number of anilines is 1. The van der Waals surface area contributed by atoms with Crippen LogP contribution in [0.4, 0.5) is 5.69 Å². The van der Waals surface area contributed by atoms with Gasteiger partial charge in [0.2, 0.25) is 0 Å². The van der Waals surface area contributed by atoms with Gasteiger partial charge in [-0.1, -0.05) is 31.2 Å². The third-order valence-electron chi connectivity index (χ3n) is 4.93. The van der Waals surface area contributed by atoms with Crippen molar-refractivity contribution in [2.24, 2.45) is 0 Å². The summed E-state index contributed by atoms with van der Waals surface area (Å²) < 4.78 is 5.49. The maximum absolute atomic E-state index is 12.2. The first kappa shape index (κ1) is 19.2. The summed E-state index contributed by atoms with van der Waals surface area (Å²) in [4.78, 5) is 17.0. The Bertz CT molecular complexity index is 755. The zero-order chi connectivity index (χ0) is 19.1. The van der Waals surface area contributed by atoms with Crippen LogP contribution < -0.4 is 15.0 Å². The van der Waals surface area contributed by atoms with Crippen LogP contribution in [-0.4, -0.2) is 50.6 Å². The van der Waals surface area contributed by atoms with Gasteiger partial charge in [0.25, 0.3) is 5.91 Å². The average molecular weight is 367 g/mol. The molecule has 0 aromatic heterocycles. The SMILES string of the molecule is CCCNC(=O)c1cccc(CN2CCN(c3ccccc3OC)CC2)c1. The van der Waals surface area contributed by atoms with Crippen molar-refractivity contribution in [3.05, 3.63) is 59.7 Å². The van der Waals surface area contributed by atoms with Crippen LogP contribution in [0.25, 0.3) is 0 Å². The van der Waals surface area contributed by atoms with E-state index in [4.69, 9.17) is 4.74 Å². The highest BCUT2D eigenvalue weighted by atomic mass is 16.5. The predicted molar refractivity (Wildman–Crippen MR) is 110 cm³/mol. The Labute approximate surface area is 161 Å². The summed E-state index contributed by atoms with van der Waals surface area (Å²) in [5.41, 5.74) is 3.09. The van der Waals surface area contributed by atoms with Gasteiger partial charge in [-0.05, 0) is 36.2 Å². The average Bonchev–Trinajstić information content (AvgIpc) is 2.72. The van der Waals surface area contributed by atoms with Gasteiger partial charge >= 0.3 is 0 Å². The van der Waals surface area contributed by atoms with Crippen molar-refractivity contribution in [2.45, 2.75) is 19.9 Å². The van der Waals surface area contributed by atoms with Crippen LogP contribution in [0.15, 0.2) is 48.5 Å². The van der Waals surface area contributed by atoms with E-state index in [-0.39, 0.29) is 5.91 Å². The van der Waals surface area contributed by atoms with Crippen LogP contribution in [0.5, 0.6) is 5.75 Å². The van der Waals surface area contributed by atoms with Crippen molar-refractivity contribution in [1.82, 2.24) is 10.2 Å². The van der Waals surface area contributed by atoms with Crippen molar-refractivity contribution in [3.8, 4) is 5.75 Å². The first-order valence-electron chi connectivity index (χ1n) is 9.68. The third-order valence-corrected chi connectivity index (χ3v) is 4.93. The number of nitrogens with zero attached hydrogens (tertiary/aromatic N) is 2. The summed E-state index contributed by atoms with van der Waals surface area (Å²) >= 11 is 0. The zero-order valence-electron chi connectivity index (χ0n) is 16.3. The van der Waals surface area contributed by atoms with Crippen molar-refractivity contribution < 1.29 is 9.53 Å². The first-order valence-corrected chi connectivity index (χ1v) is 9.68. The second-order valence-electron chi connectivity index (χ2n) is 6.89. The molecule has 0 aliphatic carbocycles. The minimum atomic E-state index is 0.0136. The third kappa shape index (κ3) is 5.01.